The van der Waals surface area contributed by atoms with E-state index in [1.165, 1.54) is 6.20 Å². The van der Waals surface area contributed by atoms with Crippen LogP contribution in [0.3, 0.4) is 0 Å². The predicted octanol–water partition coefficient (Wildman–Crippen LogP) is 4.31. The number of fused-ring (bicyclic) bond motifs is 1. The summed E-state index contributed by atoms with van der Waals surface area (Å²) in [5.74, 6) is -0.320. The summed E-state index contributed by atoms with van der Waals surface area (Å²) in [7, 11) is 0. The normalized spacial score (nSPS) is 11.0. The fraction of sp³-hybridized carbons (Fsp3) is 0.0476. The summed E-state index contributed by atoms with van der Waals surface area (Å²) < 4.78 is 0. The van der Waals surface area contributed by atoms with Crippen molar-refractivity contribution < 1.29 is 9.90 Å². The van der Waals surface area contributed by atoms with Crippen molar-refractivity contribution in [3.63, 3.8) is 0 Å². The first-order valence-corrected chi connectivity index (χ1v) is 8.04. The number of anilines is 2. The molecule has 5 heteroatoms. The summed E-state index contributed by atoms with van der Waals surface area (Å²) in [5.41, 5.74) is 2.34. The number of aromatic hydroxyl groups is 1. The van der Waals surface area contributed by atoms with Crippen LogP contribution in [0.2, 0.25) is 0 Å². The third kappa shape index (κ3) is 3.65. The van der Waals surface area contributed by atoms with E-state index in [-0.39, 0.29) is 11.3 Å². The minimum atomic E-state index is -0.494. The van der Waals surface area contributed by atoms with Gasteiger partial charge < -0.3 is 15.7 Å². The second-order valence-corrected chi connectivity index (χ2v) is 5.81. The summed E-state index contributed by atoms with van der Waals surface area (Å²) >= 11 is 0. The number of benzene rings is 3. The number of rotatable bonds is 4. The molecule has 0 aromatic heterocycles. The van der Waals surface area contributed by atoms with Crippen LogP contribution in [0.1, 0.15) is 5.56 Å². The minimum Gasteiger partial charge on any atom is -0.507 e. The maximum absolute atomic E-state index is 12.3. The molecule has 3 rings (SSSR count). The van der Waals surface area contributed by atoms with Crippen LogP contribution in [0.4, 0.5) is 11.4 Å². The number of hydrogen-bond donors (Lipinski definition) is 3. The highest BCUT2D eigenvalue weighted by atomic mass is 16.3. The van der Waals surface area contributed by atoms with Crippen LogP contribution < -0.4 is 10.6 Å². The summed E-state index contributed by atoms with van der Waals surface area (Å²) in [4.78, 5) is 12.3. The molecule has 1 amide bonds. The number of nitrogens with zero attached hydrogens (tertiary/aromatic N) is 1. The largest absolute Gasteiger partial charge is 0.507 e. The monoisotopic (exact) mass is 343 g/mol. The summed E-state index contributed by atoms with van der Waals surface area (Å²) in [6.07, 6.45) is 1.36. The third-order valence-electron chi connectivity index (χ3n) is 3.95. The average Bonchev–Trinajstić information content (AvgIpc) is 2.65. The van der Waals surface area contributed by atoms with E-state index in [1.807, 2.05) is 37.3 Å². The van der Waals surface area contributed by atoms with Gasteiger partial charge in [-0.15, -0.1) is 0 Å². The highest BCUT2D eigenvalue weighted by Crippen LogP contribution is 2.29. The fourth-order valence-electron chi connectivity index (χ4n) is 2.55. The van der Waals surface area contributed by atoms with Gasteiger partial charge in [0.05, 0.1) is 0 Å². The Morgan fingerprint density at radius 3 is 2.46 bits per heavy atom. The zero-order valence-electron chi connectivity index (χ0n) is 14.2. The Morgan fingerprint density at radius 1 is 1.04 bits per heavy atom. The number of nitrogens with one attached hydrogen (secondary N) is 2. The standard InChI is InChI=1S/C21H17N3O2/c1-14-8-10-16(11-9-14)24-21(26)15(12-22)13-23-19-6-2-5-18-17(19)4-3-7-20(18)25/h2-11,13,23,25H,1H3,(H,24,26)/b15-13-. The lowest BCUT2D eigenvalue weighted by atomic mass is 10.1. The molecule has 0 heterocycles. The van der Waals surface area contributed by atoms with Crippen molar-refractivity contribution in [2.24, 2.45) is 0 Å². The number of carbonyl (C=O) groups excluding carboxylic acids is 1. The first-order valence-electron chi connectivity index (χ1n) is 8.04. The number of carbonyl (C=O) groups is 1. The highest BCUT2D eigenvalue weighted by Gasteiger charge is 2.10. The maximum atomic E-state index is 12.3. The molecular weight excluding hydrogens is 326 g/mol. The molecule has 0 spiro atoms. The van der Waals surface area contributed by atoms with Crippen molar-refractivity contribution in [1.29, 1.82) is 5.26 Å². The molecule has 0 saturated heterocycles. The van der Waals surface area contributed by atoms with Crippen LogP contribution in [0, 0.1) is 18.3 Å². The Bertz CT molecular complexity index is 1030. The van der Waals surface area contributed by atoms with Crippen molar-refractivity contribution in [2.75, 3.05) is 10.6 Å². The molecule has 128 valence electrons. The van der Waals surface area contributed by atoms with Gasteiger partial charge in [-0.05, 0) is 31.2 Å². The van der Waals surface area contributed by atoms with Crippen LogP contribution in [0.5, 0.6) is 5.75 Å². The minimum absolute atomic E-state index is 0.0530. The first kappa shape index (κ1) is 17.1. The fourth-order valence-corrected chi connectivity index (χ4v) is 2.55. The molecule has 3 aromatic carbocycles. The van der Waals surface area contributed by atoms with E-state index >= 15 is 0 Å². The second-order valence-electron chi connectivity index (χ2n) is 5.81. The molecule has 0 aliphatic heterocycles. The van der Waals surface area contributed by atoms with Crippen LogP contribution in [-0.2, 0) is 4.79 Å². The van der Waals surface area contributed by atoms with E-state index in [2.05, 4.69) is 10.6 Å². The molecule has 0 fully saturated rings. The van der Waals surface area contributed by atoms with Crippen LogP contribution in [-0.4, -0.2) is 11.0 Å². The van der Waals surface area contributed by atoms with Crippen LogP contribution in [0.15, 0.2) is 72.4 Å². The molecule has 3 aromatic rings. The van der Waals surface area contributed by atoms with Crippen molar-refractivity contribution in [3.8, 4) is 11.8 Å². The lowest BCUT2D eigenvalue weighted by Crippen LogP contribution is -2.14. The van der Waals surface area contributed by atoms with Gasteiger partial charge in [0.1, 0.15) is 17.4 Å². The Hall–Kier alpha value is -3.78. The number of phenols is 1. The van der Waals surface area contributed by atoms with Gasteiger partial charge in [-0.3, -0.25) is 4.79 Å². The van der Waals surface area contributed by atoms with Gasteiger partial charge in [0.15, 0.2) is 0 Å². The van der Waals surface area contributed by atoms with Gasteiger partial charge >= 0.3 is 0 Å². The lowest BCUT2D eigenvalue weighted by molar-refractivity contribution is -0.112. The van der Waals surface area contributed by atoms with E-state index in [0.717, 1.165) is 10.9 Å². The average molecular weight is 343 g/mol. The van der Waals surface area contributed by atoms with Crippen molar-refractivity contribution in [1.82, 2.24) is 0 Å². The predicted molar refractivity (Wildman–Crippen MR) is 103 cm³/mol. The van der Waals surface area contributed by atoms with Crippen LogP contribution in [0.25, 0.3) is 10.8 Å². The number of nitriles is 1. The van der Waals surface area contributed by atoms with Gasteiger partial charge in [-0.1, -0.05) is 42.0 Å². The van der Waals surface area contributed by atoms with E-state index in [1.54, 1.807) is 36.4 Å². The van der Waals surface area contributed by atoms with Crippen molar-refractivity contribution >= 4 is 28.1 Å². The van der Waals surface area contributed by atoms with E-state index in [9.17, 15) is 15.2 Å². The number of hydrogen-bond acceptors (Lipinski definition) is 4. The highest BCUT2D eigenvalue weighted by molar-refractivity contribution is 6.07. The number of aryl methyl sites for hydroxylation is 1. The van der Waals surface area contributed by atoms with E-state index in [0.29, 0.717) is 16.8 Å². The molecule has 0 radical (unpaired) electrons. The zero-order valence-corrected chi connectivity index (χ0v) is 14.2. The molecule has 0 aliphatic carbocycles. The van der Waals surface area contributed by atoms with Gasteiger partial charge in [0.25, 0.3) is 5.91 Å². The molecular formula is C21H17N3O2. The van der Waals surface area contributed by atoms with Crippen molar-refractivity contribution in [3.05, 3.63) is 78.0 Å². The SMILES string of the molecule is Cc1ccc(NC(=O)/C(C#N)=C\Nc2cccc3c(O)cccc23)cc1. The Balaban J connectivity index is 1.82. The molecule has 0 aliphatic rings. The van der Waals surface area contributed by atoms with Gasteiger partial charge in [-0.25, -0.2) is 0 Å². The number of amides is 1. The Kier molecular flexibility index (Phi) is 4.86. The smallest absolute Gasteiger partial charge is 0.267 e. The molecule has 0 saturated carbocycles. The van der Waals surface area contributed by atoms with Gasteiger partial charge in [0.2, 0.25) is 0 Å². The van der Waals surface area contributed by atoms with Gasteiger partial charge in [-0.2, -0.15) is 5.26 Å². The molecule has 5 nitrogen and oxygen atoms in total. The van der Waals surface area contributed by atoms with Gasteiger partial charge in [0, 0.05) is 28.3 Å². The molecule has 0 bridgehead atoms. The first-order chi connectivity index (χ1) is 12.6. The summed E-state index contributed by atoms with van der Waals surface area (Å²) in [6.45, 7) is 1.96. The summed E-state index contributed by atoms with van der Waals surface area (Å²) in [5, 5.41) is 26.4. The van der Waals surface area contributed by atoms with Crippen LogP contribution >= 0.6 is 0 Å². The molecule has 26 heavy (non-hydrogen) atoms. The number of phenolic OH excluding ortho intramolecular Hbond substituents is 1. The Morgan fingerprint density at radius 2 is 1.73 bits per heavy atom. The quantitative estimate of drug-likeness (QED) is 0.487. The van der Waals surface area contributed by atoms with E-state index < -0.39 is 5.91 Å². The Labute approximate surface area is 151 Å². The summed E-state index contributed by atoms with van der Waals surface area (Å²) in [6, 6.07) is 19.8. The lowest BCUT2D eigenvalue weighted by Gasteiger charge is -2.08. The molecule has 0 unspecified atom stereocenters. The topological polar surface area (TPSA) is 85.2 Å². The molecule has 3 N–H and O–H groups in total. The maximum Gasteiger partial charge on any atom is 0.267 e. The van der Waals surface area contributed by atoms with E-state index in [4.69, 9.17) is 0 Å². The second kappa shape index (κ2) is 7.41. The molecule has 0 atom stereocenters. The zero-order chi connectivity index (χ0) is 18.5. The third-order valence-corrected chi connectivity index (χ3v) is 3.95. The van der Waals surface area contributed by atoms with Crippen molar-refractivity contribution in [2.45, 2.75) is 6.92 Å².